The van der Waals surface area contributed by atoms with Gasteiger partial charge in [-0.2, -0.15) is 0 Å². The van der Waals surface area contributed by atoms with E-state index >= 15 is 0 Å². The van der Waals surface area contributed by atoms with Crippen molar-refractivity contribution in [2.24, 2.45) is 20.7 Å². The first-order valence-electron chi connectivity index (χ1n) is 2.89. The molecule has 56 valence electrons. The maximum Gasteiger partial charge on any atom is 0.237 e. The molecule has 0 bridgehead atoms. The molecule has 0 saturated heterocycles. The van der Waals surface area contributed by atoms with E-state index in [4.69, 9.17) is 0 Å². The van der Waals surface area contributed by atoms with Crippen molar-refractivity contribution < 1.29 is 0 Å². The van der Waals surface area contributed by atoms with Gasteiger partial charge in [0.25, 0.3) is 0 Å². The molecule has 0 aromatic rings. The maximum absolute atomic E-state index is 4.17. The largest absolute Gasteiger partial charge is 0.237 e. The van der Waals surface area contributed by atoms with Crippen LogP contribution >= 0.6 is 28.6 Å². The monoisotopic (exact) mass is 222 g/mol. The van der Waals surface area contributed by atoms with Crippen LogP contribution in [0, 0.1) is 0 Å². The fraction of sp³-hybridized carbons (Fsp3) is 1.00. The molecule has 0 N–H and O–H groups in total. The van der Waals surface area contributed by atoms with Gasteiger partial charge < -0.3 is 0 Å². The van der Waals surface area contributed by atoms with Crippen LogP contribution < -0.4 is 0 Å². The second kappa shape index (κ2) is 3.43. The second-order valence-corrected chi connectivity index (χ2v) is 3.45. The number of nitrogens with zero attached hydrogens (tertiary/aromatic N) is 4. The lowest BCUT2D eigenvalue weighted by Crippen LogP contribution is -2.11. The van der Waals surface area contributed by atoms with Crippen molar-refractivity contribution in [1.82, 2.24) is 0 Å². The van der Waals surface area contributed by atoms with Gasteiger partial charge >= 0.3 is 0 Å². The molecule has 0 aliphatic carbocycles. The number of hydrogen-bond acceptors (Lipinski definition) is 5. The van der Waals surface area contributed by atoms with Crippen LogP contribution in [0.15, 0.2) is 20.7 Å². The highest BCUT2D eigenvalue weighted by molar-refractivity contribution is 9.09. The van der Waals surface area contributed by atoms with Crippen molar-refractivity contribution in [1.29, 1.82) is 0 Å². The number of alkyl halides is 1. The van der Waals surface area contributed by atoms with E-state index in [2.05, 4.69) is 49.2 Å². The van der Waals surface area contributed by atoms with E-state index in [-0.39, 0.29) is 0 Å². The predicted molar refractivity (Wildman–Crippen MR) is 44.5 cm³/mol. The highest BCUT2D eigenvalue weighted by atomic mass is 79.9. The van der Waals surface area contributed by atoms with E-state index in [1.54, 1.807) is 0 Å². The molecule has 6 heteroatoms. The lowest BCUT2D eigenvalue weighted by atomic mass is 10.3. The Morgan fingerprint density at radius 1 is 1.30 bits per heavy atom. The van der Waals surface area contributed by atoms with Crippen molar-refractivity contribution in [3.8, 4) is 0 Å². The van der Waals surface area contributed by atoms with E-state index in [9.17, 15) is 0 Å². The smallest absolute Gasteiger partial charge is 0.123 e. The second-order valence-electron chi connectivity index (χ2n) is 1.95. The molecule has 0 unspecified atom stereocenters. The Morgan fingerprint density at radius 2 is 1.90 bits per heavy atom. The Kier molecular flexibility index (Phi) is 2.79. The molecule has 1 aliphatic rings. The SMILES string of the molecule is SC1(CCCBr)N=NN=N1. The Bertz CT molecular complexity index is 157. The van der Waals surface area contributed by atoms with Crippen LogP contribution in [-0.4, -0.2) is 10.3 Å². The molecule has 1 rings (SSSR count). The van der Waals surface area contributed by atoms with Gasteiger partial charge in [-0.3, -0.25) is 0 Å². The lowest BCUT2D eigenvalue weighted by Gasteiger charge is -2.09. The van der Waals surface area contributed by atoms with Gasteiger partial charge in [0.1, 0.15) is 0 Å². The minimum absolute atomic E-state index is 0.673. The van der Waals surface area contributed by atoms with Crippen LogP contribution in [0.4, 0.5) is 0 Å². The summed E-state index contributed by atoms with van der Waals surface area (Å²) < 4.78 is 0. The molecule has 0 radical (unpaired) electrons. The van der Waals surface area contributed by atoms with Crippen LogP contribution in [0.25, 0.3) is 0 Å². The first-order chi connectivity index (χ1) is 4.77. The molecule has 1 heterocycles. The van der Waals surface area contributed by atoms with Crippen LogP contribution in [-0.2, 0) is 0 Å². The third-order valence-electron chi connectivity index (χ3n) is 1.10. The van der Waals surface area contributed by atoms with Crippen LogP contribution in [0.5, 0.6) is 0 Å². The van der Waals surface area contributed by atoms with E-state index in [0.29, 0.717) is 0 Å². The average Bonchev–Trinajstić information content (AvgIpc) is 2.33. The third kappa shape index (κ3) is 2.02. The predicted octanol–water partition coefficient (Wildman–Crippen LogP) is 2.58. The third-order valence-corrected chi connectivity index (χ3v) is 2.06. The van der Waals surface area contributed by atoms with E-state index in [1.165, 1.54) is 0 Å². The Labute approximate surface area is 72.7 Å². The van der Waals surface area contributed by atoms with Crippen molar-refractivity contribution in [3.63, 3.8) is 0 Å². The van der Waals surface area contributed by atoms with Crippen LogP contribution in [0.1, 0.15) is 12.8 Å². The molecule has 0 amide bonds. The van der Waals surface area contributed by atoms with Crippen molar-refractivity contribution in [3.05, 3.63) is 0 Å². The standard InChI is InChI=1S/C4H7BrN4S/c5-3-1-2-4(10)6-8-9-7-4/h10H,1-3H2. The summed E-state index contributed by atoms with van der Waals surface area (Å²) in [5.41, 5.74) is 0. The Hall–Kier alpha value is 0.0300. The number of hydrogen-bond donors (Lipinski definition) is 1. The van der Waals surface area contributed by atoms with Gasteiger partial charge in [0.2, 0.25) is 4.99 Å². The average molecular weight is 223 g/mol. The van der Waals surface area contributed by atoms with Crippen molar-refractivity contribution >= 4 is 28.6 Å². The Balaban J connectivity index is 2.38. The van der Waals surface area contributed by atoms with Gasteiger partial charge in [-0.1, -0.05) is 15.9 Å². The summed E-state index contributed by atoms with van der Waals surface area (Å²) in [4.78, 5) is -0.673. The molecule has 10 heavy (non-hydrogen) atoms. The highest BCUT2D eigenvalue weighted by Gasteiger charge is 2.26. The summed E-state index contributed by atoms with van der Waals surface area (Å²) in [5, 5.41) is 15.2. The summed E-state index contributed by atoms with van der Waals surface area (Å²) in [7, 11) is 0. The summed E-state index contributed by atoms with van der Waals surface area (Å²) in [6, 6.07) is 0. The first-order valence-corrected chi connectivity index (χ1v) is 4.46. The van der Waals surface area contributed by atoms with E-state index in [1.807, 2.05) is 0 Å². The van der Waals surface area contributed by atoms with E-state index in [0.717, 1.165) is 18.2 Å². The highest BCUT2D eigenvalue weighted by Crippen LogP contribution is 2.29. The molecule has 0 fully saturated rings. The minimum Gasteiger partial charge on any atom is -0.123 e. The molecule has 0 atom stereocenters. The summed E-state index contributed by atoms with van der Waals surface area (Å²) in [5.74, 6) is 0. The molecule has 1 aliphatic heterocycles. The zero-order chi connectivity index (χ0) is 7.45. The molecule has 0 spiro atoms. The topological polar surface area (TPSA) is 49.4 Å². The normalized spacial score (nSPS) is 20.2. The van der Waals surface area contributed by atoms with Gasteiger partial charge in [-0.05, 0) is 16.9 Å². The lowest BCUT2D eigenvalue weighted by molar-refractivity contribution is 0.580. The number of thiol groups is 1. The van der Waals surface area contributed by atoms with Gasteiger partial charge in [0.15, 0.2) is 0 Å². The van der Waals surface area contributed by atoms with Gasteiger partial charge in [-0.15, -0.1) is 22.9 Å². The van der Waals surface area contributed by atoms with Gasteiger partial charge in [0.05, 0.1) is 0 Å². The van der Waals surface area contributed by atoms with Crippen LogP contribution in [0.3, 0.4) is 0 Å². The molecule has 4 nitrogen and oxygen atoms in total. The molecule has 0 saturated carbocycles. The Morgan fingerprint density at radius 3 is 2.40 bits per heavy atom. The number of rotatable bonds is 3. The van der Waals surface area contributed by atoms with E-state index < -0.39 is 4.99 Å². The summed E-state index contributed by atoms with van der Waals surface area (Å²) >= 11 is 7.48. The quantitative estimate of drug-likeness (QED) is 0.564. The van der Waals surface area contributed by atoms with Crippen molar-refractivity contribution in [2.45, 2.75) is 17.8 Å². The zero-order valence-corrected chi connectivity index (χ0v) is 7.72. The fourth-order valence-electron chi connectivity index (χ4n) is 0.607. The van der Waals surface area contributed by atoms with Gasteiger partial charge in [-0.25, -0.2) is 0 Å². The zero-order valence-electron chi connectivity index (χ0n) is 5.24. The fourth-order valence-corrected chi connectivity index (χ4v) is 1.13. The summed E-state index contributed by atoms with van der Waals surface area (Å²) in [6.07, 6.45) is 1.75. The maximum atomic E-state index is 4.17. The first kappa shape index (κ1) is 8.13. The summed E-state index contributed by atoms with van der Waals surface area (Å²) in [6.45, 7) is 0. The van der Waals surface area contributed by atoms with Crippen LogP contribution in [0.2, 0.25) is 0 Å². The van der Waals surface area contributed by atoms with Gasteiger partial charge in [0, 0.05) is 11.8 Å². The molecular formula is C4H7BrN4S. The number of halogens is 1. The molecular weight excluding hydrogens is 216 g/mol. The van der Waals surface area contributed by atoms with Crippen molar-refractivity contribution in [2.75, 3.05) is 5.33 Å². The molecule has 0 aromatic heterocycles. The minimum atomic E-state index is -0.673. The molecule has 0 aromatic carbocycles.